The SMILES string of the molecule is CNCCc1ccc(C)cc1SC. The maximum Gasteiger partial charge on any atom is 0.0104 e. The molecule has 1 nitrogen and oxygen atoms in total. The van der Waals surface area contributed by atoms with Crippen LogP contribution in [-0.4, -0.2) is 19.8 Å². The Kier molecular flexibility index (Phi) is 4.33. The molecule has 0 aliphatic rings. The second-order valence-electron chi connectivity index (χ2n) is 3.17. The fourth-order valence-corrected chi connectivity index (χ4v) is 2.05. The third-order valence-electron chi connectivity index (χ3n) is 2.09. The van der Waals surface area contributed by atoms with Crippen LogP contribution < -0.4 is 5.32 Å². The van der Waals surface area contributed by atoms with Crippen molar-refractivity contribution in [3.8, 4) is 0 Å². The maximum atomic E-state index is 3.17. The Bertz CT molecular complexity index is 271. The molecule has 0 bridgehead atoms. The molecule has 0 saturated carbocycles. The first kappa shape index (κ1) is 10.6. The molecule has 72 valence electrons. The fourth-order valence-electron chi connectivity index (χ4n) is 1.32. The second kappa shape index (κ2) is 5.30. The van der Waals surface area contributed by atoms with E-state index in [1.54, 1.807) is 0 Å². The molecule has 0 radical (unpaired) electrons. The zero-order valence-electron chi connectivity index (χ0n) is 8.55. The lowest BCUT2D eigenvalue weighted by Crippen LogP contribution is -2.10. The minimum atomic E-state index is 1.05. The third kappa shape index (κ3) is 3.05. The predicted molar refractivity (Wildman–Crippen MR) is 60.6 cm³/mol. The minimum absolute atomic E-state index is 1.05. The fraction of sp³-hybridized carbons (Fsp3) is 0.455. The molecule has 0 saturated heterocycles. The molecule has 1 aromatic rings. The zero-order chi connectivity index (χ0) is 9.68. The van der Waals surface area contributed by atoms with Crippen LogP contribution in [0.2, 0.25) is 0 Å². The van der Waals surface area contributed by atoms with Crippen LogP contribution in [0.25, 0.3) is 0 Å². The van der Waals surface area contributed by atoms with E-state index in [1.165, 1.54) is 16.0 Å². The van der Waals surface area contributed by atoms with Crippen molar-refractivity contribution < 1.29 is 0 Å². The van der Waals surface area contributed by atoms with Gasteiger partial charge >= 0.3 is 0 Å². The first-order valence-corrected chi connectivity index (χ1v) is 5.78. The Hall–Kier alpha value is -0.470. The van der Waals surface area contributed by atoms with E-state index in [2.05, 4.69) is 36.7 Å². The van der Waals surface area contributed by atoms with Crippen LogP contribution in [0.4, 0.5) is 0 Å². The van der Waals surface area contributed by atoms with Crippen molar-refractivity contribution in [2.24, 2.45) is 0 Å². The Morgan fingerprint density at radius 2 is 2.15 bits per heavy atom. The molecule has 1 aromatic carbocycles. The van der Waals surface area contributed by atoms with E-state index in [1.807, 2.05) is 18.8 Å². The van der Waals surface area contributed by atoms with Gasteiger partial charge in [-0.25, -0.2) is 0 Å². The summed E-state index contributed by atoms with van der Waals surface area (Å²) in [5.74, 6) is 0. The van der Waals surface area contributed by atoms with Gasteiger partial charge in [-0.05, 0) is 44.8 Å². The predicted octanol–water partition coefficient (Wildman–Crippen LogP) is 2.48. The van der Waals surface area contributed by atoms with Gasteiger partial charge in [-0.15, -0.1) is 11.8 Å². The summed E-state index contributed by atoms with van der Waals surface area (Å²) >= 11 is 1.83. The van der Waals surface area contributed by atoms with Crippen LogP contribution >= 0.6 is 11.8 Å². The third-order valence-corrected chi connectivity index (χ3v) is 2.91. The number of benzene rings is 1. The number of rotatable bonds is 4. The average molecular weight is 195 g/mol. The largest absolute Gasteiger partial charge is 0.319 e. The van der Waals surface area contributed by atoms with Gasteiger partial charge in [0.1, 0.15) is 0 Å². The summed E-state index contributed by atoms with van der Waals surface area (Å²) in [6.45, 7) is 3.19. The Morgan fingerprint density at radius 3 is 2.77 bits per heavy atom. The first-order chi connectivity index (χ1) is 6.27. The highest BCUT2D eigenvalue weighted by Gasteiger charge is 2.00. The summed E-state index contributed by atoms with van der Waals surface area (Å²) in [5, 5.41) is 3.17. The van der Waals surface area contributed by atoms with Crippen molar-refractivity contribution in [3.05, 3.63) is 29.3 Å². The highest BCUT2D eigenvalue weighted by molar-refractivity contribution is 7.98. The van der Waals surface area contributed by atoms with E-state index in [9.17, 15) is 0 Å². The summed E-state index contributed by atoms with van der Waals surface area (Å²) in [6, 6.07) is 6.68. The quantitative estimate of drug-likeness (QED) is 0.741. The molecule has 0 aromatic heterocycles. The number of nitrogens with one attached hydrogen (secondary N) is 1. The van der Waals surface area contributed by atoms with Gasteiger partial charge in [-0.1, -0.05) is 17.7 Å². The number of hydrogen-bond acceptors (Lipinski definition) is 2. The summed E-state index contributed by atoms with van der Waals surface area (Å²) in [4.78, 5) is 1.41. The van der Waals surface area contributed by atoms with Crippen molar-refractivity contribution in [3.63, 3.8) is 0 Å². The molecule has 2 heteroatoms. The Balaban J connectivity index is 2.79. The topological polar surface area (TPSA) is 12.0 Å². The van der Waals surface area contributed by atoms with Crippen molar-refractivity contribution in [1.29, 1.82) is 0 Å². The second-order valence-corrected chi connectivity index (χ2v) is 4.02. The smallest absolute Gasteiger partial charge is 0.0104 e. The number of hydrogen-bond donors (Lipinski definition) is 1. The molecular formula is C11H17NS. The molecule has 0 aliphatic heterocycles. The monoisotopic (exact) mass is 195 g/mol. The minimum Gasteiger partial charge on any atom is -0.319 e. The molecule has 1 rings (SSSR count). The summed E-state index contributed by atoms with van der Waals surface area (Å²) in [6.07, 6.45) is 3.25. The van der Waals surface area contributed by atoms with Crippen LogP contribution in [0.15, 0.2) is 23.1 Å². The van der Waals surface area contributed by atoms with E-state index in [4.69, 9.17) is 0 Å². The lowest BCUT2D eigenvalue weighted by molar-refractivity contribution is 0.783. The molecule has 0 heterocycles. The lowest BCUT2D eigenvalue weighted by Gasteiger charge is -2.07. The van der Waals surface area contributed by atoms with Gasteiger partial charge in [0.05, 0.1) is 0 Å². The molecule has 0 aliphatic carbocycles. The van der Waals surface area contributed by atoms with Gasteiger partial charge < -0.3 is 5.32 Å². The van der Waals surface area contributed by atoms with E-state index >= 15 is 0 Å². The zero-order valence-corrected chi connectivity index (χ0v) is 9.37. The van der Waals surface area contributed by atoms with Gasteiger partial charge in [0.2, 0.25) is 0 Å². The van der Waals surface area contributed by atoms with Crippen molar-refractivity contribution in [1.82, 2.24) is 5.32 Å². The molecule has 0 amide bonds. The van der Waals surface area contributed by atoms with Crippen LogP contribution in [0.5, 0.6) is 0 Å². The Morgan fingerprint density at radius 1 is 1.38 bits per heavy atom. The van der Waals surface area contributed by atoms with Crippen molar-refractivity contribution in [2.45, 2.75) is 18.2 Å². The normalized spacial score (nSPS) is 10.4. The van der Waals surface area contributed by atoms with Crippen molar-refractivity contribution >= 4 is 11.8 Å². The standard InChI is InChI=1S/C11H17NS/c1-9-4-5-10(6-7-12-2)11(8-9)13-3/h4-5,8,12H,6-7H2,1-3H3. The lowest BCUT2D eigenvalue weighted by atomic mass is 10.1. The highest BCUT2D eigenvalue weighted by Crippen LogP contribution is 2.21. The van der Waals surface area contributed by atoms with Crippen LogP contribution in [0, 0.1) is 6.92 Å². The molecular weight excluding hydrogens is 178 g/mol. The van der Waals surface area contributed by atoms with E-state index in [0.29, 0.717) is 0 Å². The molecule has 0 fully saturated rings. The number of thioether (sulfide) groups is 1. The van der Waals surface area contributed by atoms with E-state index in [0.717, 1.165) is 13.0 Å². The molecule has 0 unspecified atom stereocenters. The van der Waals surface area contributed by atoms with Crippen molar-refractivity contribution in [2.75, 3.05) is 19.8 Å². The number of likely N-dealkylation sites (N-methyl/N-ethyl adjacent to an activating group) is 1. The summed E-state index contributed by atoms with van der Waals surface area (Å²) in [7, 11) is 1.99. The molecule has 1 N–H and O–H groups in total. The summed E-state index contributed by atoms with van der Waals surface area (Å²) < 4.78 is 0. The van der Waals surface area contributed by atoms with E-state index in [-0.39, 0.29) is 0 Å². The maximum absolute atomic E-state index is 3.17. The van der Waals surface area contributed by atoms with E-state index < -0.39 is 0 Å². The number of aryl methyl sites for hydroxylation is 1. The highest BCUT2D eigenvalue weighted by atomic mass is 32.2. The molecule has 0 spiro atoms. The molecule has 13 heavy (non-hydrogen) atoms. The van der Waals surface area contributed by atoms with Gasteiger partial charge in [-0.2, -0.15) is 0 Å². The van der Waals surface area contributed by atoms with Gasteiger partial charge in [-0.3, -0.25) is 0 Å². The van der Waals surface area contributed by atoms with Gasteiger partial charge in [0, 0.05) is 4.90 Å². The van der Waals surface area contributed by atoms with Gasteiger partial charge in [0.25, 0.3) is 0 Å². The Labute approximate surface area is 84.9 Å². The van der Waals surface area contributed by atoms with Crippen LogP contribution in [0.3, 0.4) is 0 Å². The summed E-state index contributed by atoms with van der Waals surface area (Å²) in [5.41, 5.74) is 2.80. The van der Waals surface area contributed by atoms with Gasteiger partial charge in [0.15, 0.2) is 0 Å². The van der Waals surface area contributed by atoms with Crippen LogP contribution in [0.1, 0.15) is 11.1 Å². The van der Waals surface area contributed by atoms with Crippen LogP contribution in [-0.2, 0) is 6.42 Å². The molecule has 0 atom stereocenters. The first-order valence-electron chi connectivity index (χ1n) is 4.56. The average Bonchev–Trinajstić information content (AvgIpc) is 2.16.